The predicted molar refractivity (Wildman–Crippen MR) is 114 cm³/mol. The van der Waals surface area contributed by atoms with Gasteiger partial charge in [-0.25, -0.2) is 0 Å². The highest BCUT2D eigenvalue weighted by Crippen LogP contribution is 2.20. The van der Waals surface area contributed by atoms with Gasteiger partial charge in [0.25, 0.3) is 11.5 Å². The molecule has 1 aliphatic rings. The van der Waals surface area contributed by atoms with Crippen LogP contribution in [-0.2, 0) is 22.6 Å². The molecule has 1 N–H and O–H groups in total. The Bertz CT molecular complexity index is 1080. The Morgan fingerprint density at radius 2 is 1.93 bits per heavy atom. The second kappa shape index (κ2) is 8.21. The third-order valence-corrected chi connectivity index (χ3v) is 5.54. The van der Waals surface area contributed by atoms with Gasteiger partial charge < -0.3 is 14.6 Å². The zero-order valence-corrected chi connectivity index (χ0v) is 16.9. The van der Waals surface area contributed by atoms with Gasteiger partial charge in [-0.3, -0.25) is 9.59 Å². The quantitative estimate of drug-likeness (QED) is 0.720. The molecule has 1 aromatic heterocycles. The van der Waals surface area contributed by atoms with Crippen molar-refractivity contribution in [3.8, 4) is 0 Å². The minimum absolute atomic E-state index is 0.0492. The van der Waals surface area contributed by atoms with Crippen molar-refractivity contribution in [3.63, 3.8) is 0 Å². The first-order valence-corrected chi connectivity index (χ1v) is 10.1. The van der Waals surface area contributed by atoms with Gasteiger partial charge in [0.1, 0.15) is 6.10 Å². The molecule has 2 heterocycles. The van der Waals surface area contributed by atoms with E-state index >= 15 is 0 Å². The fourth-order valence-corrected chi connectivity index (χ4v) is 3.85. The third-order valence-electron chi connectivity index (χ3n) is 5.54. The minimum atomic E-state index is -0.415. The number of nitrogens with one attached hydrogen (secondary N) is 1. The molecule has 1 saturated heterocycles. The molecule has 0 bridgehead atoms. The van der Waals surface area contributed by atoms with Crippen LogP contribution in [-0.4, -0.2) is 28.5 Å². The highest BCUT2D eigenvalue weighted by atomic mass is 16.5. The molecule has 1 atom stereocenters. The number of para-hydroxylation sites is 1. The highest BCUT2D eigenvalue weighted by molar-refractivity contribution is 5.83. The summed E-state index contributed by atoms with van der Waals surface area (Å²) in [5.74, 6) is -0.0492. The Kier molecular flexibility index (Phi) is 5.49. The van der Waals surface area contributed by atoms with E-state index in [2.05, 4.69) is 4.98 Å². The van der Waals surface area contributed by atoms with Crippen LogP contribution in [0.5, 0.6) is 0 Å². The fraction of sp³-hybridized carbons (Fsp3) is 0.333. The van der Waals surface area contributed by atoms with Gasteiger partial charge in [0.05, 0.1) is 12.1 Å². The average molecular weight is 390 g/mol. The summed E-state index contributed by atoms with van der Waals surface area (Å²) in [6, 6.07) is 16.0. The molecule has 0 unspecified atom stereocenters. The smallest absolute Gasteiger partial charge is 0.253 e. The van der Waals surface area contributed by atoms with E-state index in [9.17, 15) is 9.59 Å². The average Bonchev–Trinajstić information content (AvgIpc) is 3.25. The van der Waals surface area contributed by atoms with Crippen molar-refractivity contribution in [1.29, 1.82) is 0 Å². The maximum absolute atomic E-state index is 13.1. The van der Waals surface area contributed by atoms with Crippen molar-refractivity contribution in [3.05, 3.63) is 81.1 Å². The number of rotatable bonds is 5. The SMILES string of the molecule is Cc1ccc(CN(Cc2cc3cccc(C)c3[nH]c2=O)C(=O)[C@H]2CCCO2)cc1. The molecular weight excluding hydrogens is 364 g/mol. The van der Waals surface area contributed by atoms with Crippen molar-refractivity contribution in [2.75, 3.05) is 6.61 Å². The van der Waals surface area contributed by atoms with Crippen molar-refractivity contribution in [2.45, 2.75) is 45.9 Å². The van der Waals surface area contributed by atoms with E-state index in [4.69, 9.17) is 4.74 Å². The number of aromatic amines is 1. The summed E-state index contributed by atoms with van der Waals surface area (Å²) in [4.78, 5) is 30.6. The zero-order valence-electron chi connectivity index (χ0n) is 16.9. The number of H-pyrrole nitrogens is 1. The maximum atomic E-state index is 13.1. The number of hydrogen-bond acceptors (Lipinski definition) is 3. The first-order chi connectivity index (χ1) is 14.0. The second-order valence-electron chi connectivity index (χ2n) is 7.84. The Morgan fingerprint density at radius 1 is 1.14 bits per heavy atom. The van der Waals surface area contributed by atoms with E-state index in [1.165, 1.54) is 5.56 Å². The molecule has 29 heavy (non-hydrogen) atoms. The van der Waals surface area contributed by atoms with Crippen LogP contribution in [0.4, 0.5) is 0 Å². The van der Waals surface area contributed by atoms with E-state index in [-0.39, 0.29) is 18.0 Å². The highest BCUT2D eigenvalue weighted by Gasteiger charge is 2.29. The standard InChI is InChI=1S/C24H26N2O3/c1-16-8-10-18(11-9-16)14-26(24(28)21-7-4-12-29-21)15-20-13-19-6-3-5-17(2)22(19)25-23(20)27/h3,5-6,8-11,13,21H,4,7,12,14-15H2,1-2H3,(H,25,27)/t21-/m1/s1. The molecule has 1 amide bonds. The van der Waals surface area contributed by atoms with Crippen LogP contribution in [0.25, 0.3) is 10.9 Å². The number of pyridine rings is 1. The summed E-state index contributed by atoms with van der Waals surface area (Å²) in [6.07, 6.45) is 1.21. The second-order valence-corrected chi connectivity index (χ2v) is 7.84. The van der Waals surface area contributed by atoms with Crippen molar-refractivity contribution in [2.24, 2.45) is 0 Å². The van der Waals surface area contributed by atoms with Crippen LogP contribution in [0.1, 0.15) is 35.1 Å². The lowest BCUT2D eigenvalue weighted by atomic mass is 10.1. The summed E-state index contributed by atoms with van der Waals surface area (Å²) in [6.45, 7) is 5.33. The van der Waals surface area contributed by atoms with Crippen LogP contribution in [0, 0.1) is 13.8 Å². The van der Waals surface area contributed by atoms with Gasteiger partial charge in [0, 0.05) is 18.7 Å². The molecule has 4 rings (SSSR count). The topological polar surface area (TPSA) is 62.4 Å². The number of fused-ring (bicyclic) bond motifs is 1. The van der Waals surface area contributed by atoms with Gasteiger partial charge in [0.15, 0.2) is 0 Å². The molecule has 5 nitrogen and oxygen atoms in total. The fourth-order valence-electron chi connectivity index (χ4n) is 3.85. The summed E-state index contributed by atoms with van der Waals surface area (Å²) in [5, 5.41) is 0.972. The molecular formula is C24H26N2O3. The lowest BCUT2D eigenvalue weighted by molar-refractivity contribution is -0.142. The van der Waals surface area contributed by atoms with E-state index < -0.39 is 6.10 Å². The van der Waals surface area contributed by atoms with Crippen molar-refractivity contribution >= 4 is 16.8 Å². The summed E-state index contributed by atoms with van der Waals surface area (Å²) in [7, 11) is 0. The number of amides is 1. The Labute approximate surface area is 170 Å². The Hall–Kier alpha value is -2.92. The Morgan fingerprint density at radius 3 is 2.66 bits per heavy atom. The van der Waals surface area contributed by atoms with Gasteiger partial charge in [-0.15, -0.1) is 0 Å². The molecule has 5 heteroatoms. The minimum Gasteiger partial charge on any atom is -0.368 e. The van der Waals surface area contributed by atoms with Crippen LogP contribution in [0.3, 0.4) is 0 Å². The van der Waals surface area contributed by atoms with Crippen molar-refractivity contribution < 1.29 is 9.53 Å². The number of carbonyl (C=O) groups excluding carboxylic acids is 1. The summed E-state index contributed by atoms with van der Waals surface area (Å²) in [5.41, 5.74) is 4.51. The number of aryl methyl sites for hydroxylation is 2. The summed E-state index contributed by atoms with van der Waals surface area (Å²) >= 11 is 0. The molecule has 1 fully saturated rings. The maximum Gasteiger partial charge on any atom is 0.253 e. The molecule has 0 aliphatic carbocycles. The molecule has 150 valence electrons. The van der Waals surface area contributed by atoms with E-state index in [0.717, 1.165) is 34.9 Å². The predicted octanol–water partition coefficient (Wildman–Crippen LogP) is 3.85. The normalized spacial score (nSPS) is 16.3. The Balaban J connectivity index is 1.66. The lowest BCUT2D eigenvalue weighted by Gasteiger charge is -2.25. The van der Waals surface area contributed by atoms with Crippen LogP contribution in [0.2, 0.25) is 0 Å². The largest absolute Gasteiger partial charge is 0.368 e. The molecule has 1 aliphatic heterocycles. The number of nitrogens with zero attached hydrogens (tertiary/aromatic N) is 1. The van der Waals surface area contributed by atoms with Crippen LogP contribution < -0.4 is 5.56 Å². The molecule has 0 radical (unpaired) electrons. The molecule has 0 saturated carbocycles. The summed E-state index contributed by atoms with van der Waals surface area (Å²) < 4.78 is 5.63. The van der Waals surface area contributed by atoms with E-state index in [1.807, 2.05) is 62.4 Å². The van der Waals surface area contributed by atoms with Gasteiger partial charge in [-0.2, -0.15) is 0 Å². The van der Waals surface area contributed by atoms with E-state index in [1.54, 1.807) is 4.90 Å². The molecule has 2 aromatic carbocycles. The molecule has 3 aromatic rings. The van der Waals surface area contributed by atoms with Gasteiger partial charge >= 0.3 is 0 Å². The third kappa shape index (κ3) is 4.25. The number of ether oxygens (including phenoxy) is 1. The van der Waals surface area contributed by atoms with Gasteiger partial charge in [0.2, 0.25) is 0 Å². The first-order valence-electron chi connectivity index (χ1n) is 10.1. The van der Waals surface area contributed by atoms with Gasteiger partial charge in [-0.05, 0) is 49.3 Å². The van der Waals surface area contributed by atoms with Crippen LogP contribution >= 0.6 is 0 Å². The number of benzene rings is 2. The number of hydrogen-bond donors (Lipinski definition) is 1. The first kappa shape index (κ1) is 19.4. The van der Waals surface area contributed by atoms with E-state index in [0.29, 0.717) is 18.7 Å². The zero-order chi connectivity index (χ0) is 20.4. The number of carbonyl (C=O) groups is 1. The van der Waals surface area contributed by atoms with Crippen molar-refractivity contribution in [1.82, 2.24) is 9.88 Å². The number of aromatic nitrogens is 1. The monoisotopic (exact) mass is 390 g/mol. The lowest BCUT2D eigenvalue weighted by Crippen LogP contribution is -2.39. The molecule has 0 spiro atoms. The van der Waals surface area contributed by atoms with Crippen LogP contribution in [0.15, 0.2) is 53.3 Å². The van der Waals surface area contributed by atoms with Gasteiger partial charge in [-0.1, -0.05) is 48.0 Å².